The van der Waals surface area contributed by atoms with Gasteiger partial charge in [0.2, 0.25) is 11.1 Å². The van der Waals surface area contributed by atoms with Gasteiger partial charge in [0, 0.05) is 17.9 Å². The lowest BCUT2D eigenvalue weighted by Crippen LogP contribution is -2.36. The first-order valence-corrected chi connectivity index (χ1v) is 8.84. The van der Waals surface area contributed by atoms with Gasteiger partial charge in [-0.05, 0) is 18.9 Å². The van der Waals surface area contributed by atoms with Crippen LogP contribution in [0.15, 0.2) is 47.3 Å². The van der Waals surface area contributed by atoms with Crippen LogP contribution >= 0.6 is 11.8 Å². The molecule has 6 heteroatoms. The fraction of sp³-hybridized carbons (Fsp3) is 0.353. The average Bonchev–Trinajstić information content (AvgIpc) is 2.97. The number of hydrogen-bond donors (Lipinski definition) is 1. The van der Waals surface area contributed by atoms with Gasteiger partial charge >= 0.3 is 0 Å². The van der Waals surface area contributed by atoms with Crippen LogP contribution in [0.1, 0.15) is 31.4 Å². The smallest absolute Gasteiger partial charge is 0.226 e. The molecule has 1 aliphatic heterocycles. The maximum Gasteiger partial charge on any atom is 0.226 e. The van der Waals surface area contributed by atoms with E-state index in [0.29, 0.717) is 12.2 Å². The van der Waals surface area contributed by atoms with E-state index >= 15 is 0 Å². The summed E-state index contributed by atoms with van der Waals surface area (Å²) in [7, 11) is 0. The molecule has 0 bridgehead atoms. The standard InChI is InChI=1S/C17H18N4OS/c1-11-15-13(8-5-9-14(15)22)18-16-19-17(20-21(11)16)23-10-12-6-3-2-4-7-12/h2-4,6-8,11,15H,5,9-10H2,1H3,(H,18,19,20)/t11-,15-/m0/s1. The highest BCUT2D eigenvalue weighted by Gasteiger charge is 2.38. The molecule has 1 aromatic heterocycles. The van der Waals surface area contributed by atoms with Crippen molar-refractivity contribution in [1.29, 1.82) is 0 Å². The number of nitrogens with zero attached hydrogens (tertiary/aromatic N) is 3. The third-order valence-electron chi connectivity index (χ3n) is 4.38. The van der Waals surface area contributed by atoms with Crippen molar-refractivity contribution in [1.82, 2.24) is 14.8 Å². The summed E-state index contributed by atoms with van der Waals surface area (Å²) < 4.78 is 1.86. The second-order valence-electron chi connectivity index (χ2n) is 5.94. The highest BCUT2D eigenvalue weighted by atomic mass is 32.2. The molecule has 0 spiro atoms. The van der Waals surface area contributed by atoms with Gasteiger partial charge in [-0.15, -0.1) is 5.10 Å². The molecule has 0 radical (unpaired) electrons. The number of carbonyl (C=O) groups is 1. The Kier molecular flexibility index (Phi) is 3.69. The summed E-state index contributed by atoms with van der Waals surface area (Å²) >= 11 is 1.62. The summed E-state index contributed by atoms with van der Waals surface area (Å²) in [5.41, 5.74) is 2.24. The molecule has 4 rings (SSSR count). The number of rotatable bonds is 3. The molecular weight excluding hydrogens is 308 g/mol. The van der Waals surface area contributed by atoms with Crippen molar-refractivity contribution < 1.29 is 4.79 Å². The predicted octanol–water partition coefficient (Wildman–Crippen LogP) is 3.42. The van der Waals surface area contributed by atoms with Crippen LogP contribution in [-0.4, -0.2) is 20.5 Å². The van der Waals surface area contributed by atoms with E-state index in [9.17, 15) is 4.79 Å². The van der Waals surface area contributed by atoms with Gasteiger partial charge in [-0.3, -0.25) is 4.79 Å². The topological polar surface area (TPSA) is 59.8 Å². The zero-order valence-corrected chi connectivity index (χ0v) is 13.7. The predicted molar refractivity (Wildman–Crippen MR) is 90.2 cm³/mol. The van der Waals surface area contributed by atoms with E-state index in [-0.39, 0.29) is 12.0 Å². The van der Waals surface area contributed by atoms with Gasteiger partial charge in [-0.25, -0.2) is 4.68 Å². The Balaban J connectivity index is 1.56. The number of hydrogen-bond acceptors (Lipinski definition) is 5. The summed E-state index contributed by atoms with van der Waals surface area (Å²) in [5, 5.41) is 8.64. The van der Waals surface area contributed by atoms with E-state index in [1.165, 1.54) is 5.56 Å². The third-order valence-corrected chi connectivity index (χ3v) is 5.29. The molecule has 5 nitrogen and oxygen atoms in total. The highest BCUT2D eigenvalue weighted by Crippen LogP contribution is 2.38. The normalized spacial score (nSPS) is 22.8. The zero-order valence-electron chi connectivity index (χ0n) is 12.9. The highest BCUT2D eigenvalue weighted by molar-refractivity contribution is 7.98. The number of ketones is 1. The molecule has 2 aromatic rings. The molecule has 23 heavy (non-hydrogen) atoms. The molecule has 0 fully saturated rings. The molecule has 0 saturated carbocycles. The van der Waals surface area contributed by atoms with Crippen molar-refractivity contribution in [3.63, 3.8) is 0 Å². The minimum Gasteiger partial charge on any atom is -0.328 e. The van der Waals surface area contributed by atoms with E-state index < -0.39 is 0 Å². The molecule has 0 amide bonds. The van der Waals surface area contributed by atoms with Crippen molar-refractivity contribution in [2.45, 2.75) is 36.7 Å². The number of thioether (sulfide) groups is 1. The van der Waals surface area contributed by atoms with E-state index in [1.54, 1.807) is 11.8 Å². The Bertz CT molecular complexity index is 768. The van der Waals surface area contributed by atoms with Crippen molar-refractivity contribution in [2.75, 3.05) is 5.32 Å². The third kappa shape index (κ3) is 2.67. The molecule has 1 aromatic carbocycles. The lowest BCUT2D eigenvalue weighted by Gasteiger charge is -2.33. The molecule has 2 aliphatic rings. The van der Waals surface area contributed by atoms with Gasteiger partial charge in [-0.1, -0.05) is 48.2 Å². The van der Waals surface area contributed by atoms with Crippen LogP contribution in [0.3, 0.4) is 0 Å². The molecular formula is C17H18N4OS. The Hall–Kier alpha value is -2.08. The number of benzene rings is 1. The fourth-order valence-corrected chi connectivity index (χ4v) is 3.99. The summed E-state index contributed by atoms with van der Waals surface area (Å²) in [5.74, 6) is 1.77. The molecule has 1 aliphatic carbocycles. The SMILES string of the molecule is C[C@H]1[C@@H]2C(=O)CCC=C2Nc2nc(SCc3ccccc3)nn21. The number of anilines is 1. The largest absolute Gasteiger partial charge is 0.328 e. The number of fused-ring (bicyclic) bond motifs is 2. The minimum atomic E-state index is -0.107. The Labute approximate surface area is 139 Å². The van der Waals surface area contributed by atoms with Crippen LogP contribution in [0.5, 0.6) is 0 Å². The van der Waals surface area contributed by atoms with Crippen LogP contribution in [0, 0.1) is 5.92 Å². The first kappa shape index (κ1) is 14.5. The molecule has 1 N–H and O–H groups in total. The number of Topliss-reactive ketones (excluding diaryl/α,β-unsaturated/α-hetero) is 1. The quantitative estimate of drug-likeness (QED) is 0.876. The lowest BCUT2D eigenvalue weighted by molar-refractivity contribution is -0.123. The van der Waals surface area contributed by atoms with Gasteiger partial charge < -0.3 is 5.32 Å². The van der Waals surface area contributed by atoms with Gasteiger partial charge in [0.1, 0.15) is 5.78 Å². The van der Waals surface area contributed by atoms with Crippen LogP contribution in [0.4, 0.5) is 5.95 Å². The number of allylic oxidation sites excluding steroid dienone is 2. The summed E-state index contributed by atoms with van der Waals surface area (Å²) in [6, 6.07) is 10.3. The lowest BCUT2D eigenvalue weighted by atomic mass is 9.84. The minimum absolute atomic E-state index is 0.0175. The van der Waals surface area contributed by atoms with E-state index in [2.05, 4.69) is 33.6 Å². The number of nitrogens with one attached hydrogen (secondary N) is 1. The molecule has 0 unspecified atom stereocenters. The van der Waals surface area contributed by atoms with Gasteiger partial charge in [0.05, 0.1) is 12.0 Å². The maximum atomic E-state index is 12.2. The number of aromatic nitrogens is 3. The van der Waals surface area contributed by atoms with Crippen LogP contribution < -0.4 is 5.32 Å². The summed E-state index contributed by atoms with van der Waals surface area (Å²) in [4.78, 5) is 16.8. The van der Waals surface area contributed by atoms with E-state index in [1.807, 2.05) is 29.8 Å². The van der Waals surface area contributed by atoms with E-state index in [0.717, 1.165) is 29.0 Å². The molecule has 118 valence electrons. The molecule has 2 atom stereocenters. The van der Waals surface area contributed by atoms with Gasteiger partial charge in [-0.2, -0.15) is 4.98 Å². The second-order valence-corrected chi connectivity index (χ2v) is 6.89. The summed E-state index contributed by atoms with van der Waals surface area (Å²) in [6.45, 7) is 2.05. The monoisotopic (exact) mass is 326 g/mol. The Morgan fingerprint density at radius 2 is 2.17 bits per heavy atom. The Morgan fingerprint density at radius 3 is 3.00 bits per heavy atom. The van der Waals surface area contributed by atoms with Gasteiger partial charge in [0.15, 0.2) is 0 Å². The van der Waals surface area contributed by atoms with Crippen LogP contribution in [-0.2, 0) is 10.5 Å². The van der Waals surface area contributed by atoms with Gasteiger partial charge in [0.25, 0.3) is 0 Å². The molecule has 0 saturated heterocycles. The fourth-order valence-electron chi connectivity index (χ4n) is 3.21. The van der Waals surface area contributed by atoms with Crippen molar-refractivity contribution in [3.8, 4) is 0 Å². The van der Waals surface area contributed by atoms with Crippen LogP contribution in [0.25, 0.3) is 0 Å². The van der Waals surface area contributed by atoms with Crippen molar-refractivity contribution in [2.24, 2.45) is 5.92 Å². The first-order valence-electron chi connectivity index (χ1n) is 7.85. The van der Waals surface area contributed by atoms with Crippen LogP contribution in [0.2, 0.25) is 0 Å². The first-order chi connectivity index (χ1) is 11.2. The maximum absolute atomic E-state index is 12.2. The Morgan fingerprint density at radius 1 is 1.35 bits per heavy atom. The molecule has 2 heterocycles. The average molecular weight is 326 g/mol. The second kappa shape index (κ2) is 5.85. The number of carbonyl (C=O) groups excluding carboxylic acids is 1. The zero-order chi connectivity index (χ0) is 15.8. The van der Waals surface area contributed by atoms with Crippen molar-refractivity contribution >= 4 is 23.5 Å². The van der Waals surface area contributed by atoms with E-state index in [4.69, 9.17) is 0 Å². The summed E-state index contributed by atoms with van der Waals surface area (Å²) in [6.07, 6.45) is 3.56. The van der Waals surface area contributed by atoms with Crippen molar-refractivity contribution in [3.05, 3.63) is 47.7 Å².